The third-order valence-corrected chi connectivity index (χ3v) is 11.2. The molecule has 1 saturated heterocycles. The fraction of sp³-hybridized carbons (Fsp3) is 0.419. The number of hydrogen-bond donors (Lipinski definition) is 1. The maximum absolute atomic E-state index is 14.2. The number of aryl methyl sites for hydroxylation is 1. The first-order chi connectivity index (χ1) is 20.6. The summed E-state index contributed by atoms with van der Waals surface area (Å²) in [5.74, 6) is 0.0433. The summed E-state index contributed by atoms with van der Waals surface area (Å²) in [7, 11) is 0.353. The molecule has 11 nitrogen and oxygen atoms in total. The number of hydrogen-bond acceptors (Lipinski definition) is 6. The Balaban J connectivity index is 1.51. The Kier molecular flexibility index (Phi) is 6.30. The molecule has 7 rings (SSSR count). The zero-order chi connectivity index (χ0) is 30.3. The van der Waals surface area contributed by atoms with Crippen LogP contribution in [-0.4, -0.2) is 74.0 Å². The number of aromatic amines is 1. The molecule has 1 atom stereocenters. The molecule has 0 unspecified atom stereocenters. The van der Waals surface area contributed by atoms with Gasteiger partial charge in [-0.2, -0.15) is 10.2 Å². The Morgan fingerprint density at radius 2 is 1.86 bits per heavy atom. The van der Waals surface area contributed by atoms with E-state index in [9.17, 15) is 13.2 Å². The zero-order valence-electron chi connectivity index (χ0n) is 25.1. The minimum atomic E-state index is -3.38. The molecule has 1 N–H and O–H groups in total. The molecule has 1 fully saturated rings. The summed E-state index contributed by atoms with van der Waals surface area (Å²) in [4.78, 5) is 24.4. The highest BCUT2D eigenvalue weighted by molar-refractivity contribution is 7.89. The Morgan fingerprint density at radius 3 is 2.60 bits per heavy atom. The van der Waals surface area contributed by atoms with Gasteiger partial charge >= 0.3 is 0 Å². The minimum Gasteiger partial charge on any atom is -0.339 e. The SMILES string of the molecule is CCS(=O)(=O)N1CCC[C@@]2(CC1)C(=O)N(C)c1cnc3[nH]c(-c4cnn(C(C)C)c4)c(-c4ccc5c(cnn5C)c4)c3c12. The Hall–Kier alpha value is -4.03. The molecule has 12 heteroatoms. The van der Waals surface area contributed by atoms with Gasteiger partial charge in [0.2, 0.25) is 15.9 Å². The lowest BCUT2D eigenvalue weighted by atomic mass is 9.74. The maximum atomic E-state index is 14.2. The Morgan fingerprint density at radius 1 is 1.05 bits per heavy atom. The van der Waals surface area contributed by atoms with Gasteiger partial charge in [0, 0.05) is 66.9 Å². The summed E-state index contributed by atoms with van der Waals surface area (Å²) in [6.45, 7) is 6.56. The third kappa shape index (κ3) is 4.06. The number of carbonyl (C=O) groups is 1. The second-order valence-corrected chi connectivity index (χ2v) is 14.3. The van der Waals surface area contributed by atoms with Crippen LogP contribution in [0.2, 0.25) is 0 Å². The van der Waals surface area contributed by atoms with Gasteiger partial charge in [0.15, 0.2) is 0 Å². The van der Waals surface area contributed by atoms with Gasteiger partial charge in [0.1, 0.15) is 5.65 Å². The number of sulfonamides is 1. The van der Waals surface area contributed by atoms with E-state index in [4.69, 9.17) is 4.98 Å². The second-order valence-electron chi connectivity index (χ2n) is 12.1. The van der Waals surface area contributed by atoms with Crippen molar-refractivity contribution in [1.82, 2.24) is 33.8 Å². The first-order valence-electron chi connectivity index (χ1n) is 14.8. The second kappa shape index (κ2) is 9.75. The lowest BCUT2D eigenvalue weighted by Crippen LogP contribution is -2.40. The number of pyridine rings is 1. The number of fused-ring (bicyclic) bond motifs is 5. The molecule has 0 radical (unpaired) electrons. The van der Waals surface area contributed by atoms with Crippen molar-refractivity contribution < 1.29 is 13.2 Å². The number of amides is 1. The van der Waals surface area contributed by atoms with Crippen molar-refractivity contribution in [1.29, 1.82) is 0 Å². The fourth-order valence-corrected chi connectivity index (χ4v) is 8.17. The molecule has 1 spiro atoms. The summed E-state index contributed by atoms with van der Waals surface area (Å²) in [5.41, 5.74) is 6.30. The van der Waals surface area contributed by atoms with Crippen LogP contribution >= 0.6 is 0 Å². The molecule has 43 heavy (non-hydrogen) atoms. The van der Waals surface area contributed by atoms with Crippen molar-refractivity contribution in [3.63, 3.8) is 0 Å². The van der Waals surface area contributed by atoms with Crippen molar-refractivity contribution >= 4 is 43.6 Å². The van der Waals surface area contributed by atoms with Crippen LogP contribution < -0.4 is 4.90 Å². The van der Waals surface area contributed by atoms with E-state index in [2.05, 4.69) is 47.2 Å². The zero-order valence-corrected chi connectivity index (χ0v) is 25.9. The molecule has 2 aliphatic heterocycles. The van der Waals surface area contributed by atoms with Gasteiger partial charge in [-0.3, -0.25) is 14.2 Å². The third-order valence-electron chi connectivity index (χ3n) is 9.37. The van der Waals surface area contributed by atoms with Crippen LogP contribution in [0, 0.1) is 0 Å². The molecule has 4 aromatic heterocycles. The molecule has 0 bridgehead atoms. The van der Waals surface area contributed by atoms with Gasteiger partial charge in [-0.15, -0.1) is 0 Å². The van der Waals surface area contributed by atoms with Crippen LogP contribution in [0.25, 0.3) is 44.3 Å². The van der Waals surface area contributed by atoms with Gasteiger partial charge in [0.05, 0.1) is 46.7 Å². The molecule has 0 aliphatic carbocycles. The molecule has 224 valence electrons. The van der Waals surface area contributed by atoms with E-state index in [0.717, 1.165) is 49.9 Å². The number of nitrogens with one attached hydrogen (secondary N) is 1. The van der Waals surface area contributed by atoms with Crippen LogP contribution in [0.3, 0.4) is 0 Å². The van der Waals surface area contributed by atoms with Crippen molar-refractivity contribution in [3.8, 4) is 22.4 Å². The molecule has 6 heterocycles. The van der Waals surface area contributed by atoms with E-state index in [1.165, 1.54) is 0 Å². The number of carbonyl (C=O) groups excluding carboxylic acids is 1. The number of rotatable bonds is 5. The topological polar surface area (TPSA) is 122 Å². The minimum absolute atomic E-state index is 0.00316. The van der Waals surface area contributed by atoms with E-state index >= 15 is 0 Å². The Bertz CT molecular complexity index is 2020. The predicted octanol–water partition coefficient (Wildman–Crippen LogP) is 4.61. The van der Waals surface area contributed by atoms with Gasteiger partial charge in [-0.05, 0) is 57.7 Å². The van der Waals surface area contributed by atoms with E-state index in [1.54, 1.807) is 29.4 Å². The quantitative estimate of drug-likeness (QED) is 0.314. The summed E-state index contributed by atoms with van der Waals surface area (Å²) < 4.78 is 31.1. The predicted molar refractivity (Wildman–Crippen MR) is 167 cm³/mol. The smallest absolute Gasteiger partial charge is 0.237 e. The fourth-order valence-electron chi connectivity index (χ4n) is 7.03. The summed E-state index contributed by atoms with van der Waals surface area (Å²) >= 11 is 0. The van der Waals surface area contributed by atoms with Crippen molar-refractivity contribution in [2.24, 2.45) is 7.05 Å². The van der Waals surface area contributed by atoms with Gasteiger partial charge in [-0.25, -0.2) is 17.7 Å². The van der Waals surface area contributed by atoms with Crippen LogP contribution in [0.1, 0.15) is 51.6 Å². The van der Waals surface area contributed by atoms with Gasteiger partial charge in [-0.1, -0.05) is 6.07 Å². The van der Waals surface area contributed by atoms with E-state index < -0.39 is 15.4 Å². The maximum Gasteiger partial charge on any atom is 0.237 e. The van der Waals surface area contributed by atoms with E-state index in [1.807, 2.05) is 35.0 Å². The van der Waals surface area contributed by atoms with Crippen LogP contribution in [0.5, 0.6) is 0 Å². The number of H-pyrrole nitrogens is 1. The van der Waals surface area contributed by atoms with Crippen LogP contribution in [0.4, 0.5) is 5.69 Å². The lowest BCUT2D eigenvalue weighted by molar-refractivity contribution is -0.123. The summed E-state index contributed by atoms with van der Waals surface area (Å²) in [6.07, 6.45) is 9.11. The molecular weight excluding hydrogens is 564 g/mol. The van der Waals surface area contributed by atoms with Gasteiger partial charge in [0.25, 0.3) is 0 Å². The molecule has 1 aromatic carbocycles. The van der Waals surface area contributed by atoms with Crippen LogP contribution in [0.15, 0.2) is 43.0 Å². The summed E-state index contributed by atoms with van der Waals surface area (Å²) in [5, 5.41) is 11.0. The largest absolute Gasteiger partial charge is 0.339 e. The highest BCUT2D eigenvalue weighted by atomic mass is 32.2. The number of likely N-dealkylation sites (N-methyl/N-ethyl adjacent to an activating group) is 1. The van der Waals surface area contributed by atoms with Crippen molar-refractivity contribution in [2.45, 2.75) is 51.5 Å². The number of anilines is 1. The molecule has 1 amide bonds. The standard InChI is InChI=1S/C31H36N8O3S/c1-6-43(41,42)38-12-7-10-31(11-13-38)27-24(36(4)30(31)40)17-32-29-26(27)25(20-8-9-23-21(14-20)15-33-37(23)5)28(35-29)22-16-34-39(18-22)19(2)3/h8-9,14-19H,6-7,10-13H2,1-5H3,(H,32,35)/t31-/m0/s1. The molecule has 0 saturated carbocycles. The van der Waals surface area contributed by atoms with Gasteiger partial charge < -0.3 is 9.88 Å². The number of benzene rings is 1. The molecular formula is C31H36N8O3S. The molecule has 5 aromatic rings. The van der Waals surface area contributed by atoms with E-state index in [-0.39, 0.29) is 17.7 Å². The van der Waals surface area contributed by atoms with Crippen molar-refractivity contribution in [3.05, 3.63) is 48.5 Å². The highest BCUT2D eigenvalue weighted by Gasteiger charge is 2.52. The normalized spacial score (nSPS) is 19.8. The van der Waals surface area contributed by atoms with Crippen LogP contribution in [-0.2, 0) is 27.3 Å². The van der Waals surface area contributed by atoms with E-state index in [0.29, 0.717) is 38.0 Å². The highest BCUT2D eigenvalue weighted by Crippen LogP contribution is 2.53. The summed E-state index contributed by atoms with van der Waals surface area (Å²) in [6, 6.07) is 6.49. The first kappa shape index (κ1) is 27.8. The Labute approximate surface area is 250 Å². The number of aromatic nitrogens is 6. The molecule has 2 aliphatic rings. The van der Waals surface area contributed by atoms with Crippen molar-refractivity contribution in [2.75, 3.05) is 30.8 Å². The average molecular weight is 601 g/mol. The lowest BCUT2D eigenvalue weighted by Gasteiger charge is -2.27. The monoisotopic (exact) mass is 600 g/mol. The average Bonchev–Trinajstić information content (AvgIpc) is 3.72. The first-order valence-corrected chi connectivity index (χ1v) is 16.4. The number of nitrogens with zero attached hydrogens (tertiary/aromatic N) is 7.